The van der Waals surface area contributed by atoms with Gasteiger partial charge in [-0.05, 0) is 23.3 Å². The number of carbonyl (C=O) groups excluding carboxylic acids is 1. The Labute approximate surface area is 159 Å². The van der Waals surface area contributed by atoms with Crippen molar-refractivity contribution in [1.82, 2.24) is 14.8 Å². The molecule has 1 aromatic heterocycles. The molecule has 1 N–H and O–H groups in total. The van der Waals surface area contributed by atoms with E-state index in [-0.39, 0.29) is 11.7 Å². The highest BCUT2D eigenvalue weighted by molar-refractivity contribution is 5.88. The minimum absolute atomic E-state index is 0.00493. The summed E-state index contributed by atoms with van der Waals surface area (Å²) in [4.78, 5) is 17.4. The highest BCUT2D eigenvalue weighted by atomic mass is 19.1. The fraction of sp³-hybridized carbons (Fsp3) is 0.190. The molecule has 0 amide bonds. The van der Waals surface area contributed by atoms with Gasteiger partial charge >= 0.3 is 0 Å². The summed E-state index contributed by atoms with van der Waals surface area (Å²) in [7, 11) is 0. The van der Waals surface area contributed by atoms with Crippen molar-refractivity contribution in [2.24, 2.45) is 5.92 Å². The summed E-state index contributed by atoms with van der Waals surface area (Å²) < 4.78 is 29.3. The molecule has 7 heteroatoms. The van der Waals surface area contributed by atoms with E-state index in [2.05, 4.69) is 15.4 Å². The van der Waals surface area contributed by atoms with Crippen LogP contribution in [-0.4, -0.2) is 20.5 Å². The van der Waals surface area contributed by atoms with Gasteiger partial charge in [0.2, 0.25) is 5.95 Å². The van der Waals surface area contributed by atoms with E-state index >= 15 is 0 Å². The average Bonchev–Trinajstić information content (AvgIpc) is 3.14. The number of Topliss-reactive ketones (excluding diaryl/α,β-unsaturated/α-hetero) is 1. The Balaban J connectivity index is 1.64. The second kappa shape index (κ2) is 6.37. The summed E-state index contributed by atoms with van der Waals surface area (Å²) in [6.45, 7) is 0. The first-order valence-corrected chi connectivity index (χ1v) is 9.02. The molecule has 0 unspecified atom stereocenters. The van der Waals surface area contributed by atoms with Crippen LogP contribution in [0.4, 0.5) is 14.7 Å². The van der Waals surface area contributed by atoms with Gasteiger partial charge in [-0.25, -0.2) is 13.5 Å². The van der Waals surface area contributed by atoms with E-state index in [0.717, 1.165) is 11.6 Å². The van der Waals surface area contributed by atoms with Gasteiger partial charge in [0, 0.05) is 24.1 Å². The molecule has 0 spiro atoms. The van der Waals surface area contributed by atoms with Gasteiger partial charge in [0.05, 0.1) is 12.0 Å². The number of aromatic nitrogens is 3. The van der Waals surface area contributed by atoms with Gasteiger partial charge in [0.1, 0.15) is 23.7 Å². The maximum absolute atomic E-state index is 13.9. The van der Waals surface area contributed by atoms with Crippen molar-refractivity contribution in [1.29, 1.82) is 0 Å². The third-order valence-electron chi connectivity index (χ3n) is 5.35. The molecule has 1 aliphatic carbocycles. The zero-order chi connectivity index (χ0) is 19.3. The van der Waals surface area contributed by atoms with Crippen LogP contribution >= 0.6 is 0 Å². The van der Waals surface area contributed by atoms with Gasteiger partial charge in [-0.2, -0.15) is 10.1 Å². The number of halogens is 2. The molecular formula is C21H16F2N4O. The Hall–Kier alpha value is -3.35. The molecule has 2 aromatic carbocycles. The highest BCUT2D eigenvalue weighted by Gasteiger charge is 2.43. The van der Waals surface area contributed by atoms with Gasteiger partial charge in [-0.1, -0.05) is 36.4 Å². The predicted octanol–water partition coefficient (Wildman–Crippen LogP) is 3.83. The Morgan fingerprint density at radius 3 is 2.54 bits per heavy atom. The number of nitrogens with zero attached hydrogens (tertiary/aromatic N) is 3. The predicted molar refractivity (Wildman–Crippen MR) is 98.5 cm³/mol. The monoisotopic (exact) mass is 378 g/mol. The molecule has 0 bridgehead atoms. The number of allylic oxidation sites excluding steroid dienone is 2. The van der Waals surface area contributed by atoms with Crippen LogP contribution in [0.5, 0.6) is 0 Å². The fourth-order valence-electron chi connectivity index (χ4n) is 4.17. The minimum Gasteiger partial charge on any atom is -0.328 e. The molecule has 2 heterocycles. The quantitative estimate of drug-likeness (QED) is 0.736. The number of anilines is 1. The second-order valence-electron chi connectivity index (χ2n) is 7.09. The third kappa shape index (κ3) is 2.70. The van der Waals surface area contributed by atoms with Crippen LogP contribution < -0.4 is 5.32 Å². The molecule has 3 aromatic rings. The van der Waals surface area contributed by atoms with Crippen molar-refractivity contribution >= 4 is 11.7 Å². The van der Waals surface area contributed by atoms with Crippen molar-refractivity contribution in [3.8, 4) is 0 Å². The standard InChI is InChI=1S/C21H16F2N4O/c22-15-6-14(7-16(23)10-15)20-19-17(26-21-24-11-25-27(20)21)8-13(9-18(19)28)12-4-2-1-3-5-12/h1-8,10-11,13,19-20H,9H2,(H,24,25,26)/t13-,19+,20+/m1/s1. The zero-order valence-electron chi connectivity index (χ0n) is 14.7. The number of carbonyl (C=O) groups is 1. The average molecular weight is 378 g/mol. The van der Waals surface area contributed by atoms with Crippen LogP contribution in [0.15, 0.2) is 66.6 Å². The first kappa shape index (κ1) is 16.8. The molecule has 5 nitrogen and oxygen atoms in total. The molecule has 2 aliphatic rings. The largest absolute Gasteiger partial charge is 0.328 e. The van der Waals surface area contributed by atoms with E-state index in [0.29, 0.717) is 23.6 Å². The number of hydrogen-bond acceptors (Lipinski definition) is 4. The Kier molecular flexibility index (Phi) is 3.82. The summed E-state index contributed by atoms with van der Waals surface area (Å²) in [5, 5.41) is 7.38. The maximum Gasteiger partial charge on any atom is 0.226 e. The van der Waals surface area contributed by atoms with Gasteiger partial charge in [-0.15, -0.1) is 0 Å². The van der Waals surface area contributed by atoms with E-state index in [4.69, 9.17) is 0 Å². The van der Waals surface area contributed by atoms with Gasteiger partial charge in [-0.3, -0.25) is 4.79 Å². The smallest absolute Gasteiger partial charge is 0.226 e. The molecule has 140 valence electrons. The summed E-state index contributed by atoms with van der Waals surface area (Å²) in [5.74, 6) is -1.60. The fourth-order valence-corrected chi connectivity index (χ4v) is 4.17. The van der Waals surface area contributed by atoms with Crippen LogP contribution in [0.2, 0.25) is 0 Å². The van der Waals surface area contributed by atoms with E-state index < -0.39 is 23.6 Å². The number of hydrogen-bond donors (Lipinski definition) is 1. The SMILES string of the molecule is O=C1C[C@H](c2ccccc2)C=C2Nc3ncnn3[C@@H](c3cc(F)cc(F)c3)[C@H]12. The molecule has 28 heavy (non-hydrogen) atoms. The Morgan fingerprint density at radius 1 is 1.04 bits per heavy atom. The third-order valence-corrected chi connectivity index (χ3v) is 5.35. The van der Waals surface area contributed by atoms with Crippen LogP contribution in [0.3, 0.4) is 0 Å². The van der Waals surface area contributed by atoms with Gasteiger partial charge < -0.3 is 5.32 Å². The molecular weight excluding hydrogens is 362 g/mol. The van der Waals surface area contributed by atoms with Crippen molar-refractivity contribution in [3.63, 3.8) is 0 Å². The van der Waals surface area contributed by atoms with Crippen LogP contribution in [-0.2, 0) is 4.79 Å². The van der Waals surface area contributed by atoms with E-state index in [9.17, 15) is 13.6 Å². The highest BCUT2D eigenvalue weighted by Crippen LogP contribution is 2.44. The zero-order valence-corrected chi connectivity index (χ0v) is 14.7. The first-order chi connectivity index (χ1) is 13.6. The molecule has 5 rings (SSSR count). The molecule has 0 saturated heterocycles. The van der Waals surface area contributed by atoms with Crippen molar-refractivity contribution in [2.45, 2.75) is 18.4 Å². The summed E-state index contributed by atoms with van der Waals surface area (Å²) in [5.41, 5.74) is 2.09. The van der Waals surface area contributed by atoms with Crippen LogP contribution in [0, 0.1) is 17.6 Å². The van der Waals surface area contributed by atoms with E-state index in [1.807, 2.05) is 36.4 Å². The summed E-state index contributed by atoms with van der Waals surface area (Å²) in [6, 6.07) is 12.4. The molecule has 1 aliphatic heterocycles. The Bertz CT molecular complexity index is 1070. The molecule has 0 saturated carbocycles. The van der Waals surface area contributed by atoms with E-state index in [1.54, 1.807) is 0 Å². The number of nitrogens with one attached hydrogen (secondary N) is 1. The lowest BCUT2D eigenvalue weighted by Gasteiger charge is -2.38. The topological polar surface area (TPSA) is 59.8 Å². The lowest BCUT2D eigenvalue weighted by Crippen LogP contribution is -2.40. The van der Waals surface area contributed by atoms with Crippen molar-refractivity contribution in [3.05, 3.63) is 89.4 Å². The van der Waals surface area contributed by atoms with Gasteiger partial charge in [0.25, 0.3) is 0 Å². The van der Waals surface area contributed by atoms with E-state index in [1.165, 1.54) is 23.1 Å². The first-order valence-electron chi connectivity index (χ1n) is 9.02. The number of rotatable bonds is 2. The number of ketones is 1. The Morgan fingerprint density at radius 2 is 1.79 bits per heavy atom. The lowest BCUT2D eigenvalue weighted by molar-refractivity contribution is -0.123. The van der Waals surface area contributed by atoms with Crippen molar-refractivity contribution < 1.29 is 13.6 Å². The van der Waals surface area contributed by atoms with Gasteiger partial charge in [0.15, 0.2) is 0 Å². The summed E-state index contributed by atoms with van der Waals surface area (Å²) >= 11 is 0. The van der Waals surface area contributed by atoms with Crippen molar-refractivity contribution in [2.75, 3.05) is 5.32 Å². The molecule has 3 atom stereocenters. The second-order valence-corrected chi connectivity index (χ2v) is 7.09. The normalized spacial score (nSPS) is 23.4. The molecule has 0 radical (unpaired) electrons. The number of fused-ring (bicyclic) bond motifs is 2. The molecule has 0 fully saturated rings. The van der Waals surface area contributed by atoms with Crippen LogP contribution in [0.25, 0.3) is 0 Å². The van der Waals surface area contributed by atoms with Crippen LogP contribution in [0.1, 0.15) is 29.5 Å². The summed E-state index contributed by atoms with van der Waals surface area (Å²) in [6.07, 6.45) is 3.70. The lowest BCUT2D eigenvalue weighted by atomic mass is 9.75. The minimum atomic E-state index is -0.689. The maximum atomic E-state index is 13.9. The number of benzene rings is 2.